The van der Waals surface area contributed by atoms with Crippen molar-refractivity contribution in [2.75, 3.05) is 63.6 Å². The van der Waals surface area contributed by atoms with Crippen molar-refractivity contribution in [2.45, 2.75) is 24.8 Å². The second-order valence-electron chi connectivity index (χ2n) is 9.98. The number of nitrogens with zero attached hydrogens (tertiary/aromatic N) is 3. The van der Waals surface area contributed by atoms with E-state index in [2.05, 4.69) is 10.6 Å². The Hall–Kier alpha value is -3.48. The predicted molar refractivity (Wildman–Crippen MR) is 146 cm³/mol. The van der Waals surface area contributed by atoms with Crippen LogP contribution in [-0.2, 0) is 16.0 Å². The van der Waals surface area contributed by atoms with Crippen molar-refractivity contribution in [1.29, 1.82) is 0 Å². The lowest BCUT2D eigenvalue weighted by atomic mass is 10.1. The molecule has 1 atom stereocenters. The Morgan fingerprint density at radius 2 is 1.73 bits per heavy atom. The van der Waals surface area contributed by atoms with Gasteiger partial charge in [-0.1, -0.05) is 29.8 Å². The van der Waals surface area contributed by atoms with Gasteiger partial charge < -0.3 is 25.4 Å². The highest BCUT2D eigenvalue weighted by atomic mass is 35.5. The van der Waals surface area contributed by atoms with Crippen LogP contribution in [0.4, 0.5) is 25.0 Å². The topological polar surface area (TPSA) is 114 Å². The molecule has 2 aromatic rings. The zero-order valence-corrected chi connectivity index (χ0v) is 22.8. The maximum absolute atomic E-state index is 14.4. The highest BCUT2D eigenvalue weighted by molar-refractivity contribution is 6.33. The Morgan fingerprint density at radius 3 is 2.40 bits per heavy atom. The molecular formula is C27H32ClF2N5O5. The molecule has 216 valence electrons. The van der Waals surface area contributed by atoms with Crippen molar-refractivity contribution in [1.82, 2.24) is 14.7 Å². The minimum absolute atomic E-state index is 0.0518. The number of urea groups is 1. The number of hydrogen-bond acceptors (Lipinski definition) is 6. The van der Waals surface area contributed by atoms with E-state index in [1.807, 2.05) is 4.90 Å². The van der Waals surface area contributed by atoms with Gasteiger partial charge in [0.1, 0.15) is 5.75 Å². The fourth-order valence-electron chi connectivity index (χ4n) is 5.04. The number of anilines is 2. The molecule has 13 heteroatoms. The summed E-state index contributed by atoms with van der Waals surface area (Å²) in [5, 5.41) is 14.7. The Balaban J connectivity index is 1.37. The summed E-state index contributed by atoms with van der Waals surface area (Å²) in [6.07, 6.45) is -0.526. The third kappa shape index (κ3) is 7.80. The number of methoxy groups -OCH3 is 1. The van der Waals surface area contributed by atoms with Crippen molar-refractivity contribution in [2.24, 2.45) is 0 Å². The van der Waals surface area contributed by atoms with E-state index in [9.17, 15) is 23.2 Å². The number of ether oxygens (including phenoxy) is 1. The van der Waals surface area contributed by atoms with Gasteiger partial charge in [-0.25, -0.2) is 13.6 Å². The molecule has 0 aromatic heterocycles. The van der Waals surface area contributed by atoms with Crippen LogP contribution in [0, 0.1) is 0 Å². The Bertz CT molecular complexity index is 1240. The summed E-state index contributed by atoms with van der Waals surface area (Å²) >= 11 is 6.08. The largest absolute Gasteiger partial charge is 0.495 e. The molecule has 3 amide bonds. The van der Waals surface area contributed by atoms with Gasteiger partial charge in [0.25, 0.3) is 5.92 Å². The van der Waals surface area contributed by atoms with Crippen molar-refractivity contribution < 1.29 is 33.0 Å². The molecule has 3 N–H and O–H groups in total. The fraction of sp³-hybridized carbons (Fsp3) is 0.444. The average Bonchev–Trinajstić information content (AvgIpc) is 3.21. The third-order valence-electron chi connectivity index (χ3n) is 6.98. The van der Waals surface area contributed by atoms with Gasteiger partial charge in [0.15, 0.2) is 0 Å². The molecule has 10 nitrogen and oxygen atoms in total. The van der Waals surface area contributed by atoms with Gasteiger partial charge in [0, 0.05) is 39.1 Å². The Labute approximate surface area is 235 Å². The van der Waals surface area contributed by atoms with Crippen molar-refractivity contribution in [3.8, 4) is 5.75 Å². The fourth-order valence-corrected chi connectivity index (χ4v) is 5.22. The van der Waals surface area contributed by atoms with E-state index in [0.717, 1.165) is 0 Å². The van der Waals surface area contributed by atoms with Crippen LogP contribution in [0.5, 0.6) is 5.75 Å². The van der Waals surface area contributed by atoms with E-state index in [1.165, 1.54) is 12.0 Å². The molecule has 2 aliphatic heterocycles. The second kappa shape index (κ2) is 12.8. The Kier molecular flexibility index (Phi) is 9.44. The van der Waals surface area contributed by atoms with Gasteiger partial charge in [-0.3, -0.25) is 19.4 Å². The lowest BCUT2D eigenvalue weighted by Crippen LogP contribution is -2.52. The first kappa shape index (κ1) is 29.5. The summed E-state index contributed by atoms with van der Waals surface area (Å²) in [6, 6.07) is 10.4. The Morgan fingerprint density at radius 1 is 1.05 bits per heavy atom. The van der Waals surface area contributed by atoms with E-state index in [4.69, 9.17) is 21.4 Å². The van der Waals surface area contributed by atoms with Crippen molar-refractivity contribution in [3.63, 3.8) is 0 Å². The van der Waals surface area contributed by atoms with E-state index < -0.39 is 42.8 Å². The summed E-state index contributed by atoms with van der Waals surface area (Å²) in [5.41, 5.74) is 1.34. The van der Waals surface area contributed by atoms with Crippen LogP contribution in [0.3, 0.4) is 0 Å². The van der Waals surface area contributed by atoms with E-state index in [1.54, 1.807) is 47.4 Å². The van der Waals surface area contributed by atoms with Gasteiger partial charge in [-0.2, -0.15) is 0 Å². The summed E-state index contributed by atoms with van der Waals surface area (Å²) in [6.45, 7) is 1.76. The van der Waals surface area contributed by atoms with Crippen molar-refractivity contribution in [3.05, 3.63) is 53.1 Å². The van der Waals surface area contributed by atoms with Gasteiger partial charge in [-0.05, 0) is 29.8 Å². The lowest BCUT2D eigenvalue weighted by Gasteiger charge is -2.36. The van der Waals surface area contributed by atoms with Crippen molar-refractivity contribution >= 4 is 40.9 Å². The number of piperazine rings is 1. The molecule has 2 fully saturated rings. The second-order valence-corrected chi connectivity index (χ2v) is 10.4. The molecule has 4 rings (SSSR count). The molecule has 0 spiro atoms. The van der Waals surface area contributed by atoms with Crippen LogP contribution in [0.15, 0.2) is 42.5 Å². The first-order chi connectivity index (χ1) is 19.0. The van der Waals surface area contributed by atoms with Gasteiger partial charge in [0.05, 0.1) is 49.1 Å². The number of carboxylic acid groups (broad SMARTS) is 1. The highest BCUT2D eigenvalue weighted by Crippen LogP contribution is 2.34. The molecule has 40 heavy (non-hydrogen) atoms. The molecular weight excluding hydrogens is 548 g/mol. The summed E-state index contributed by atoms with van der Waals surface area (Å²) < 4.78 is 34.2. The van der Waals surface area contributed by atoms with E-state index in [0.29, 0.717) is 60.4 Å². The number of hydrogen-bond donors (Lipinski definition) is 3. The number of rotatable bonds is 9. The molecule has 0 radical (unpaired) electrons. The molecule has 0 saturated carbocycles. The molecule has 2 aliphatic rings. The van der Waals surface area contributed by atoms with Crippen LogP contribution >= 0.6 is 11.6 Å². The number of carbonyl (C=O) groups is 3. The molecule has 0 aliphatic carbocycles. The normalized spacial score (nSPS) is 19.3. The lowest BCUT2D eigenvalue weighted by molar-refractivity contribution is -0.139. The first-order valence-electron chi connectivity index (χ1n) is 12.9. The third-order valence-corrected chi connectivity index (χ3v) is 7.31. The number of aliphatic carboxylic acids is 1. The quantitative estimate of drug-likeness (QED) is 0.417. The van der Waals surface area contributed by atoms with Gasteiger partial charge in [-0.15, -0.1) is 0 Å². The number of carbonyl (C=O) groups excluding carboxylic acids is 2. The first-order valence-corrected chi connectivity index (χ1v) is 13.2. The number of benzene rings is 2. The summed E-state index contributed by atoms with van der Waals surface area (Å²) in [4.78, 5) is 41.6. The van der Waals surface area contributed by atoms with Gasteiger partial charge >= 0.3 is 12.0 Å². The predicted octanol–water partition coefficient (Wildman–Crippen LogP) is 3.47. The number of halogens is 3. The maximum atomic E-state index is 14.4. The van der Waals surface area contributed by atoms with Crippen LogP contribution in [0.1, 0.15) is 12.0 Å². The number of alkyl halides is 2. The zero-order valence-electron chi connectivity index (χ0n) is 22.0. The summed E-state index contributed by atoms with van der Waals surface area (Å²) in [7, 11) is 1.42. The standard InChI is InChI=1S/C27H32ClF2N5O5/c1-40-23-12-18(6-7-22(23)32-26(39)31-21-5-3-2-4-20(21)28)13-24(36)35-17-27(29,30)14-19(35)15-33-8-10-34(11-9-33)16-25(37)38/h2-7,12,19H,8-11,13-17H2,1H3,(H,37,38)(H2,31,32,39)/t19-/m0/s1. The molecule has 0 unspecified atom stereocenters. The van der Waals surface area contributed by atoms with E-state index >= 15 is 0 Å². The number of likely N-dealkylation sites (tertiary alicyclic amines) is 1. The monoisotopic (exact) mass is 579 g/mol. The number of amides is 3. The SMILES string of the molecule is COc1cc(CC(=O)N2CC(F)(F)C[C@H]2CN2CCN(CC(=O)O)CC2)ccc1NC(=O)Nc1ccccc1Cl. The number of nitrogens with one attached hydrogen (secondary N) is 2. The number of para-hydroxylation sites is 1. The van der Waals surface area contributed by atoms with E-state index in [-0.39, 0.29) is 13.0 Å². The summed E-state index contributed by atoms with van der Waals surface area (Å²) in [5.74, 6) is -4.00. The smallest absolute Gasteiger partial charge is 0.323 e. The number of carboxylic acids is 1. The minimum Gasteiger partial charge on any atom is -0.495 e. The molecule has 2 heterocycles. The molecule has 2 aromatic carbocycles. The van der Waals surface area contributed by atoms with Crippen LogP contribution in [0.25, 0.3) is 0 Å². The van der Waals surface area contributed by atoms with Crippen LogP contribution in [0.2, 0.25) is 5.02 Å². The molecule has 2 saturated heterocycles. The molecule has 0 bridgehead atoms. The zero-order chi connectivity index (χ0) is 28.9. The van der Waals surface area contributed by atoms with Crippen LogP contribution in [-0.4, -0.2) is 103 Å². The minimum atomic E-state index is -2.98. The van der Waals surface area contributed by atoms with Crippen LogP contribution < -0.4 is 15.4 Å². The van der Waals surface area contributed by atoms with Gasteiger partial charge in [0.2, 0.25) is 5.91 Å². The highest BCUT2D eigenvalue weighted by Gasteiger charge is 2.47. The average molecular weight is 580 g/mol. The maximum Gasteiger partial charge on any atom is 0.323 e.